The highest BCUT2D eigenvalue weighted by molar-refractivity contribution is 7.89. The molecule has 2 aromatic rings. The van der Waals surface area contributed by atoms with Gasteiger partial charge in [-0.15, -0.1) is 0 Å². The van der Waals surface area contributed by atoms with Gasteiger partial charge in [0, 0.05) is 32.1 Å². The van der Waals surface area contributed by atoms with E-state index >= 15 is 0 Å². The van der Waals surface area contributed by atoms with E-state index in [1.807, 2.05) is 12.1 Å². The third-order valence-electron chi connectivity index (χ3n) is 5.69. The quantitative estimate of drug-likeness (QED) is 0.529. The molecule has 0 atom stereocenters. The van der Waals surface area contributed by atoms with Crippen molar-refractivity contribution >= 4 is 27.5 Å². The monoisotopic (exact) mass is 496 g/mol. The lowest BCUT2D eigenvalue weighted by atomic mass is 9.97. The number of amides is 1. The summed E-state index contributed by atoms with van der Waals surface area (Å²) in [6.45, 7) is 1.28. The van der Waals surface area contributed by atoms with Crippen LogP contribution in [0.5, 0.6) is 17.2 Å². The molecule has 1 aliphatic heterocycles. The Morgan fingerprint density at radius 3 is 2.36 bits per heavy atom. The molecule has 1 amide bonds. The maximum atomic E-state index is 13.1. The largest absolute Gasteiger partial charge is 0.493 e. The van der Waals surface area contributed by atoms with E-state index in [2.05, 4.69) is 0 Å². The predicted molar refractivity (Wildman–Crippen MR) is 126 cm³/mol. The van der Waals surface area contributed by atoms with Crippen LogP contribution in [0.3, 0.4) is 0 Å². The maximum absolute atomic E-state index is 13.1. The molecule has 10 heteroatoms. The zero-order valence-electron chi connectivity index (χ0n) is 19.0. The van der Waals surface area contributed by atoms with Crippen molar-refractivity contribution in [2.45, 2.75) is 17.7 Å². The van der Waals surface area contributed by atoms with Crippen LogP contribution in [0.4, 0.5) is 0 Å². The number of rotatable bonds is 9. The molecule has 1 heterocycles. The Bertz CT molecular complexity index is 1070. The smallest absolute Gasteiger partial charge is 0.243 e. The minimum absolute atomic E-state index is 0.0130. The van der Waals surface area contributed by atoms with Crippen LogP contribution in [0, 0.1) is 5.92 Å². The van der Waals surface area contributed by atoms with Crippen molar-refractivity contribution in [3.63, 3.8) is 0 Å². The number of piperidine rings is 1. The average Bonchev–Trinajstić information content (AvgIpc) is 2.84. The highest BCUT2D eigenvalue weighted by Gasteiger charge is 2.33. The van der Waals surface area contributed by atoms with E-state index in [4.69, 9.17) is 25.8 Å². The zero-order chi connectivity index (χ0) is 24.0. The van der Waals surface area contributed by atoms with E-state index in [1.165, 1.54) is 30.7 Å². The van der Waals surface area contributed by atoms with Crippen LogP contribution in [-0.2, 0) is 14.8 Å². The van der Waals surface area contributed by atoms with Gasteiger partial charge in [-0.3, -0.25) is 4.79 Å². The van der Waals surface area contributed by atoms with Gasteiger partial charge >= 0.3 is 0 Å². The molecular weight excluding hydrogens is 468 g/mol. The van der Waals surface area contributed by atoms with E-state index in [0.717, 1.165) is 0 Å². The van der Waals surface area contributed by atoms with Crippen molar-refractivity contribution < 1.29 is 27.4 Å². The second-order valence-electron chi connectivity index (χ2n) is 7.73. The molecular formula is C23H29ClN2O6S. The van der Waals surface area contributed by atoms with Crippen molar-refractivity contribution in [2.24, 2.45) is 5.92 Å². The Balaban J connectivity index is 1.54. The number of hydrogen-bond acceptors (Lipinski definition) is 6. The molecule has 1 fully saturated rings. The molecule has 0 aromatic heterocycles. The van der Waals surface area contributed by atoms with E-state index < -0.39 is 10.0 Å². The summed E-state index contributed by atoms with van der Waals surface area (Å²) in [6, 6.07) is 11.7. The first-order chi connectivity index (χ1) is 15.8. The Labute approximate surface area is 200 Å². The number of carbonyl (C=O) groups is 1. The number of para-hydroxylation sites is 1. The summed E-state index contributed by atoms with van der Waals surface area (Å²) in [7, 11) is 0.983. The second kappa shape index (κ2) is 11.1. The Morgan fingerprint density at radius 2 is 1.73 bits per heavy atom. The molecule has 3 rings (SSSR count). The molecule has 0 bridgehead atoms. The summed E-state index contributed by atoms with van der Waals surface area (Å²) in [6.07, 6.45) is 0.919. The van der Waals surface area contributed by atoms with Crippen molar-refractivity contribution in [1.29, 1.82) is 0 Å². The summed E-state index contributed by atoms with van der Waals surface area (Å²) in [5.74, 6) is 1.15. The standard InChI is InChI=1S/C23H29ClN2O6S/c1-25(14-15-32-20-7-5-4-6-19(20)24)23(27)17-10-12-26(13-11-17)33(28,29)18-8-9-21(30-2)22(16-18)31-3/h4-9,16-17H,10-15H2,1-3H3. The summed E-state index contributed by atoms with van der Waals surface area (Å²) in [5.41, 5.74) is 0. The van der Waals surface area contributed by atoms with E-state index in [-0.39, 0.29) is 29.8 Å². The number of nitrogens with zero attached hydrogens (tertiary/aromatic N) is 2. The highest BCUT2D eigenvalue weighted by atomic mass is 35.5. The number of methoxy groups -OCH3 is 2. The third-order valence-corrected chi connectivity index (χ3v) is 7.90. The summed E-state index contributed by atoms with van der Waals surface area (Å²) < 4.78 is 43.6. The van der Waals surface area contributed by atoms with Crippen LogP contribution in [0.15, 0.2) is 47.4 Å². The fourth-order valence-electron chi connectivity index (χ4n) is 3.75. The van der Waals surface area contributed by atoms with Crippen LogP contribution in [-0.4, -0.2) is 71.0 Å². The maximum Gasteiger partial charge on any atom is 0.243 e. The van der Waals surface area contributed by atoms with Crippen LogP contribution in [0.2, 0.25) is 5.02 Å². The molecule has 0 radical (unpaired) electrons. The molecule has 2 aromatic carbocycles. The lowest BCUT2D eigenvalue weighted by molar-refractivity contribution is -0.135. The van der Waals surface area contributed by atoms with Gasteiger partial charge in [0.2, 0.25) is 15.9 Å². The van der Waals surface area contributed by atoms with Gasteiger partial charge in [0.05, 0.1) is 30.7 Å². The number of ether oxygens (including phenoxy) is 3. The van der Waals surface area contributed by atoms with Gasteiger partial charge in [-0.2, -0.15) is 4.31 Å². The molecule has 8 nitrogen and oxygen atoms in total. The Morgan fingerprint density at radius 1 is 1.06 bits per heavy atom. The third kappa shape index (κ3) is 5.90. The van der Waals surface area contributed by atoms with Gasteiger partial charge < -0.3 is 19.1 Å². The highest BCUT2D eigenvalue weighted by Crippen LogP contribution is 2.32. The second-order valence-corrected chi connectivity index (χ2v) is 10.1. The molecule has 180 valence electrons. The lowest BCUT2D eigenvalue weighted by Gasteiger charge is -2.32. The van der Waals surface area contributed by atoms with Crippen LogP contribution >= 0.6 is 11.6 Å². The van der Waals surface area contributed by atoms with Gasteiger partial charge in [-0.25, -0.2) is 8.42 Å². The number of hydrogen-bond donors (Lipinski definition) is 0. The first-order valence-corrected chi connectivity index (χ1v) is 12.4. The number of benzene rings is 2. The first-order valence-electron chi connectivity index (χ1n) is 10.6. The average molecular weight is 497 g/mol. The fourth-order valence-corrected chi connectivity index (χ4v) is 5.42. The van der Waals surface area contributed by atoms with Crippen LogP contribution < -0.4 is 14.2 Å². The predicted octanol–water partition coefficient (Wildman–Crippen LogP) is 3.30. The normalized spacial score (nSPS) is 15.2. The molecule has 1 saturated heterocycles. The van der Waals surface area contributed by atoms with Crippen molar-refractivity contribution in [3.05, 3.63) is 47.5 Å². The van der Waals surface area contributed by atoms with Crippen molar-refractivity contribution in [1.82, 2.24) is 9.21 Å². The number of halogens is 1. The molecule has 0 N–H and O–H groups in total. The minimum Gasteiger partial charge on any atom is -0.493 e. The minimum atomic E-state index is -3.70. The molecule has 0 unspecified atom stereocenters. The molecule has 0 saturated carbocycles. The summed E-state index contributed by atoms with van der Waals surface area (Å²) in [4.78, 5) is 14.6. The number of sulfonamides is 1. The topological polar surface area (TPSA) is 85.4 Å². The van der Waals surface area contributed by atoms with Crippen molar-refractivity contribution in [3.8, 4) is 17.2 Å². The van der Waals surface area contributed by atoms with Crippen LogP contribution in [0.25, 0.3) is 0 Å². The molecule has 0 spiro atoms. The van der Waals surface area contributed by atoms with Gasteiger partial charge in [0.15, 0.2) is 11.5 Å². The first kappa shape index (κ1) is 25.1. The Kier molecular flexibility index (Phi) is 8.45. The SMILES string of the molecule is COc1ccc(S(=O)(=O)N2CCC(C(=O)N(C)CCOc3ccccc3Cl)CC2)cc1OC. The Hall–Kier alpha value is -2.49. The van der Waals surface area contributed by atoms with E-state index in [0.29, 0.717) is 48.3 Å². The van der Waals surface area contributed by atoms with E-state index in [1.54, 1.807) is 30.1 Å². The molecule has 1 aliphatic rings. The van der Waals surface area contributed by atoms with Gasteiger partial charge in [0.25, 0.3) is 0 Å². The fraction of sp³-hybridized carbons (Fsp3) is 0.435. The van der Waals surface area contributed by atoms with Gasteiger partial charge in [0.1, 0.15) is 12.4 Å². The zero-order valence-corrected chi connectivity index (χ0v) is 20.6. The number of likely N-dealkylation sites (N-methyl/N-ethyl adjacent to an activating group) is 1. The van der Waals surface area contributed by atoms with Gasteiger partial charge in [-0.1, -0.05) is 23.7 Å². The van der Waals surface area contributed by atoms with E-state index in [9.17, 15) is 13.2 Å². The lowest BCUT2D eigenvalue weighted by Crippen LogP contribution is -2.44. The van der Waals surface area contributed by atoms with Crippen molar-refractivity contribution in [2.75, 3.05) is 47.5 Å². The molecule has 33 heavy (non-hydrogen) atoms. The molecule has 0 aliphatic carbocycles. The number of carbonyl (C=O) groups excluding carboxylic acids is 1. The summed E-state index contributed by atoms with van der Waals surface area (Å²) >= 11 is 6.08. The summed E-state index contributed by atoms with van der Waals surface area (Å²) in [5, 5.41) is 0.523. The van der Waals surface area contributed by atoms with Gasteiger partial charge in [-0.05, 0) is 37.1 Å². The van der Waals surface area contributed by atoms with Crippen LogP contribution in [0.1, 0.15) is 12.8 Å².